The van der Waals surface area contributed by atoms with Gasteiger partial charge in [0, 0.05) is 17.4 Å². The van der Waals surface area contributed by atoms with Gasteiger partial charge in [0.1, 0.15) is 5.76 Å². The van der Waals surface area contributed by atoms with E-state index in [1.54, 1.807) is 6.08 Å². The molecule has 0 saturated carbocycles. The zero-order chi connectivity index (χ0) is 30.1. The van der Waals surface area contributed by atoms with Gasteiger partial charge in [0.2, 0.25) is 0 Å². The van der Waals surface area contributed by atoms with Crippen molar-refractivity contribution < 1.29 is 19.3 Å². The summed E-state index contributed by atoms with van der Waals surface area (Å²) in [6.07, 6.45) is 1.78. The van der Waals surface area contributed by atoms with E-state index in [1.807, 2.05) is 55.5 Å². The van der Waals surface area contributed by atoms with Crippen LogP contribution in [0.5, 0.6) is 0 Å². The first-order valence-corrected chi connectivity index (χ1v) is 24.2. The second kappa shape index (κ2) is 15.4. The molecule has 0 bridgehead atoms. The summed E-state index contributed by atoms with van der Waals surface area (Å²) >= 11 is -2.11. The number of hydrogen-bond donors (Lipinski definition) is 1. The Morgan fingerprint density at radius 2 is 1.02 bits per heavy atom. The van der Waals surface area contributed by atoms with E-state index in [1.165, 1.54) is 0 Å². The molecule has 5 rings (SSSR count). The van der Waals surface area contributed by atoms with Crippen LogP contribution in [0.25, 0.3) is 39.1 Å². The Morgan fingerprint density at radius 1 is 0.619 bits per heavy atom. The normalized spacial score (nSPS) is 11.7. The second-order valence-corrected chi connectivity index (χ2v) is 22.5. The standard InChI is InChI=1S/C36H31NO.3ClH.W/c1-25-14-13-15-26(2)36(25)37-27(3)22-34(38)35-32(29-18-9-5-10-19-29)23-31(28-16-7-4-8-17-28)24-33(35)30-20-11-6-12-21-30;;;;/h4-24,38H,1-3H3;3*1H;/q;;;;+3/p-3/b34-22-,37-27?;;;;. The van der Waals surface area contributed by atoms with Gasteiger partial charge in [-0.05, 0) is 77.4 Å². The average molecular weight is 784 g/mol. The molecule has 0 radical (unpaired) electrons. The molecule has 6 heteroatoms. The molecule has 0 aliphatic rings. The molecule has 0 aliphatic carbocycles. The first kappa shape index (κ1) is 31.8. The molecule has 1 N–H and O–H groups in total. The van der Waals surface area contributed by atoms with Crippen LogP contribution in [0.2, 0.25) is 0 Å². The van der Waals surface area contributed by atoms with Gasteiger partial charge in [0.25, 0.3) is 0 Å². The summed E-state index contributed by atoms with van der Waals surface area (Å²) in [6.45, 7) is 6.06. The molecule has 0 aromatic heterocycles. The number of aliphatic hydroxyl groups excluding tert-OH is 1. The van der Waals surface area contributed by atoms with Crippen molar-refractivity contribution in [3.05, 3.63) is 144 Å². The van der Waals surface area contributed by atoms with Gasteiger partial charge in [-0.2, -0.15) is 0 Å². The second-order valence-electron chi connectivity index (χ2n) is 9.74. The molecule has 5 aromatic carbocycles. The number of aliphatic hydroxyl groups is 1. The molecular formula is C36H31Cl3NOW. The van der Waals surface area contributed by atoms with Crippen LogP contribution in [0.3, 0.4) is 0 Å². The minimum atomic E-state index is -2.11. The Labute approximate surface area is 266 Å². The fraction of sp³-hybridized carbons (Fsp3) is 0.0833. The number of aryl methyl sites for hydroxylation is 2. The monoisotopic (exact) mass is 782 g/mol. The number of aliphatic imine (C=N–C) groups is 1. The molecule has 0 spiro atoms. The van der Waals surface area contributed by atoms with E-state index in [9.17, 15) is 5.11 Å². The van der Waals surface area contributed by atoms with E-state index in [-0.39, 0.29) is 5.76 Å². The average Bonchev–Trinajstić information content (AvgIpc) is 2.99. The summed E-state index contributed by atoms with van der Waals surface area (Å²) in [4.78, 5) is 4.87. The molecule has 0 unspecified atom stereocenters. The number of hydrogen-bond acceptors (Lipinski definition) is 2. The Morgan fingerprint density at radius 3 is 1.45 bits per heavy atom. The maximum atomic E-state index is 11.7. The molecule has 2 nitrogen and oxygen atoms in total. The first-order chi connectivity index (χ1) is 20.2. The molecule has 5 aromatic rings. The predicted molar refractivity (Wildman–Crippen MR) is 180 cm³/mol. The van der Waals surface area contributed by atoms with Gasteiger partial charge < -0.3 is 5.11 Å². The summed E-state index contributed by atoms with van der Waals surface area (Å²) in [5.41, 5.74) is 11.0. The van der Waals surface area contributed by atoms with Crippen LogP contribution in [0.4, 0.5) is 5.69 Å². The van der Waals surface area contributed by atoms with Gasteiger partial charge in [-0.3, -0.25) is 4.99 Å². The molecule has 0 amide bonds. The summed E-state index contributed by atoms with van der Waals surface area (Å²) in [5, 5.41) is 11.7. The quantitative estimate of drug-likeness (QED) is 0.135. The fourth-order valence-electron chi connectivity index (χ4n) is 4.87. The minimum absolute atomic E-state index is 0.190. The van der Waals surface area contributed by atoms with Crippen molar-refractivity contribution in [2.75, 3.05) is 0 Å². The molecule has 0 fully saturated rings. The Balaban J connectivity index is 0.000000952. The maximum absolute atomic E-state index is 11.7. The molecule has 213 valence electrons. The van der Waals surface area contributed by atoms with Crippen LogP contribution in [-0.4, -0.2) is 10.8 Å². The Hall–Kier alpha value is -3.13. The Kier molecular flexibility index (Phi) is 11.6. The van der Waals surface area contributed by atoms with Gasteiger partial charge in [-0.1, -0.05) is 109 Å². The molecule has 0 atom stereocenters. The summed E-state index contributed by atoms with van der Waals surface area (Å²) in [6, 6.07) is 41.4. The molecule has 0 heterocycles. The van der Waals surface area contributed by atoms with Crippen molar-refractivity contribution in [1.29, 1.82) is 0 Å². The van der Waals surface area contributed by atoms with E-state index in [0.717, 1.165) is 61.5 Å². The molecule has 42 heavy (non-hydrogen) atoms. The molecule has 0 saturated heterocycles. The number of nitrogens with zero attached hydrogens (tertiary/aromatic N) is 1. The van der Waals surface area contributed by atoms with Crippen LogP contribution in [0.1, 0.15) is 23.6 Å². The predicted octanol–water partition coefficient (Wildman–Crippen LogP) is 12.1. The third-order valence-corrected chi connectivity index (χ3v) is 6.74. The van der Waals surface area contributed by atoms with Gasteiger partial charge in [-0.15, -0.1) is 0 Å². The van der Waals surface area contributed by atoms with Crippen molar-refractivity contribution in [3.8, 4) is 33.4 Å². The summed E-state index contributed by atoms with van der Waals surface area (Å²) < 4.78 is 0. The van der Waals surface area contributed by atoms with Crippen LogP contribution in [-0.2, 0) is 14.2 Å². The number of benzene rings is 5. The van der Waals surface area contributed by atoms with Crippen molar-refractivity contribution in [2.24, 2.45) is 4.99 Å². The van der Waals surface area contributed by atoms with Crippen molar-refractivity contribution in [1.82, 2.24) is 0 Å². The van der Waals surface area contributed by atoms with Crippen molar-refractivity contribution in [2.45, 2.75) is 20.8 Å². The third kappa shape index (κ3) is 8.46. The number of rotatable bonds is 6. The number of halogens is 3. The van der Waals surface area contributed by atoms with Crippen LogP contribution in [0.15, 0.2) is 132 Å². The van der Waals surface area contributed by atoms with Crippen molar-refractivity contribution in [3.63, 3.8) is 0 Å². The SMILES string of the molecule is CC(/C=C(\O)c1c(-c2ccccc2)cc(-c2ccccc2)cc1-c1ccccc1)=Nc1c(C)cccc1C.[Cl][W]([Cl])[Cl]. The molecule has 0 aliphatic heterocycles. The van der Waals surface area contributed by atoms with E-state index in [2.05, 4.69) is 86.6 Å². The summed E-state index contributed by atoms with van der Waals surface area (Å²) in [7, 11) is 15.0. The third-order valence-electron chi connectivity index (χ3n) is 6.74. The van der Waals surface area contributed by atoms with Crippen LogP contribution < -0.4 is 0 Å². The van der Waals surface area contributed by atoms with E-state index in [0.29, 0.717) is 0 Å². The molecular weight excluding hydrogens is 753 g/mol. The van der Waals surface area contributed by atoms with Gasteiger partial charge in [0.15, 0.2) is 0 Å². The van der Waals surface area contributed by atoms with Crippen molar-refractivity contribution >= 4 is 45.4 Å². The topological polar surface area (TPSA) is 32.6 Å². The van der Waals surface area contributed by atoms with Crippen LogP contribution in [0, 0.1) is 13.8 Å². The Bertz CT molecular complexity index is 1600. The van der Waals surface area contributed by atoms with E-state index in [4.69, 9.17) is 33.2 Å². The van der Waals surface area contributed by atoms with E-state index < -0.39 is 14.2 Å². The fourth-order valence-corrected chi connectivity index (χ4v) is 4.87. The van der Waals surface area contributed by atoms with Gasteiger partial charge in [0.05, 0.1) is 5.69 Å². The zero-order valence-corrected chi connectivity index (χ0v) is 28.8. The first-order valence-electron chi connectivity index (χ1n) is 13.3. The zero-order valence-electron chi connectivity index (χ0n) is 23.6. The van der Waals surface area contributed by atoms with Crippen LogP contribution >= 0.6 is 28.3 Å². The number of allylic oxidation sites excluding steroid dienone is 1. The summed E-state index contributed by atoms with van der Waals surface area (Å²) in [5.74, 6) is 0.190. The van der Waals surface area contributed by atoms with Gasteiger partial charge in [-0.25, -0.2) is 0 Å². The van der Waals surface area contributed by atoms with E-state index >= 15 is 0 Å². The number of para-hydroxylation sites is 1. The van der Waals surface area contributed by atoms with Gasteiger partial charge >= 0.3 is 42.4 Å².